The van der Waals surface area contributed by atoms with Gasteiger partial charge in [0, 0.05) is 30.9 Å². The van der Waals surface area contributed by atoms with Gasteiger partial charge in [-0.25, -0.2) is 4.98 Å². The molecule has 0 amide bonds. The normalized spacial score (nSPS) is 15.4. The summed E-state index contributed by atoms with van der Waals surface area (Å²) in [7, 11) is 4.15. The Balaban J connectivity index is 2.16. The van der Waals surface area contributed by atoms with E-state index in [-0.39, 0.29) is 0 Å². The fraction of sp³-hybridized carbons (Fsp3) is 0.750. The molecule has 0 spiro atoms. The Hall–Kier alpha value is -0.610. The SMILES string of the molecule is CCCN(C)c1nc(C2CC2)c(CNC)s1. The topological polar surface area (TPSA) is 28.2 Å². The van der Waals surface area contributed by atoms with Crippen molar-refractivity contribution in [2.24, 2.45) is 0 Å². The Bertz CT molecular complexity index is 344. The van der Waals surface area contributed by atoms with E-state index in [4.69, 9.17) is 4.98 Å². The molecule has 1 aliphatic rings. The summed E-state index contributed by atoms with van der Waals surface area (Å²) < 4.78 is 0. The fourth-order valence-electron chi connectivity index (χ4n) is 1.91. The molecule has 4 heteroatoms. The minimum Gasteiger partial charge on any atom is -0.351 e. The van der Waals surface area contributed by atoms with Gasteiger partial charge in [0.25, 0.3) is 0 Å². The smallest absolute Gasteiger partial charge is 0.185 e. The highest BCUT2D eigenvalue weighted by Gasteiger charge is 2.29. The lowest BCUT2D eigenvalue weighted by Gasteiger charge is -2.13. The molecule has 3 nitrogen and oxygen atoms in total. The maximum Gasteiger partial charge on any atom is 0.185 e. The van der Waals surface area contributed by atoms with Crippen LogP contribution in [0, 0.1) is 0 Å². The standard InChI is InChI=1S/C12H21N3S/c1-4-7-15(3)12-14-11(9-5-6-9)10(16-12)8-13-2/h9,13H,4-8H2,1-3H3. The number of hydrogen-bond acceptors (Lipinski definition) is 4. The molecule has 0 unspecified atom stereocenters. The molecule has 1 N–H and O–H groups in total. The van der Waals surface area contributed by atoms with Crippen LogP contribution in [0.2, 0.25) is 0 Å². The summed E-state index contributed by atoms with van der Waals surface area (Å²) in [5, 5.41) is 4.43. The number of aromatic nitrogens is 1. The lowest BCUT2D eigenvalue weighted by Crippen LogP contribution is -2.17. The fourth-order valence-corrected chi connectivity index (χ4v) is 3.05. The summed E-state index contributed by atoms with van der Waals surface area (Å²) in [6.07, 6.45) is 3.84. The van der Waals surface area contributed by atoms with Gasteiger partial charge in [-0.15, -0.1) is 11.3 Å². The van der Waals surface area contributed by atoms with Gasteiger partial charge in [-0.3, -0.25) is 0 Å². The Morgan fingerprint density at radius 2 is 2.25 bits per heavy atom. The monoisotopic (exact) mass is 239 g/mol. The molecule has 2 rings (SSSR count). The van der Waals surface area contributed by atoms with Crippen LogP contribution in [0.25, 0.3) is 0 Å². The van der Waals surface area contributed by atoms with Gasteiger partial charge in [-0.2, -0.15) is 0 Å². The molecule has 16 heavy (non-hydrogen) atoms. The van der Waals surface area contributed by atoms with Crippen molar-refractivity contribution in [3.63, 3.8) is 0 Å². The number of rotatable bonds is 6. The van der Waals surface area contributed by atoms with E-state index in [1.54, 1.807) is 0 Å². The van der Waals surface area contributed by atoms with Crippen LogP contribution in [0.3, 0.4) is 0 Å². The zero-order valence-electron chi connectivity index (χ0n) is 10.4. The average Bonchev–Trinajstić information content (AvgIpc) is 3.01. The molecule has 90 valence electrons. The van der Waals surface area contributed by atoms with Crippen molar-refractivity contribution in [1.29, 1.82) is 0 Å². The van der Waals surface area contributed by atoms with Crippen LogP contribution in [0.1, 0.15) is 42.7 Å². The van der Waals surface area contributed by atoms with E-state index in [1.807, 2.05) is 18.4 Å². The second kappa shape index (κ2) is 5.15. The molecule has 1 aromatic rings. The second-order valence-corrected chi connectivity index (χ2v) is 5.59. The Morgan fingerprint density at radius 3 is 2.81 bits per heavy atom. The van der Waals surface area contributed by atoms with Crippen molar-refractivity contribution in [3.05, 3.63) is 10.6 Å². The summed E-state index contributed by atoms with van der Waals surface area (Å²) in [4.78, 5) is 8.52. The van der Waals surface area contributed by atoms with Gasteiger partial charge in [-0.05, 0) is 26.3 Å². The lowest BCUT2D eigenvalue weighted by molar-refractivity contribution is 0.810. The minimum atomic E-state index is 0.753. The molecule has 0 aromatic carbocycles. The number of thiazole rings is 1. The van der Waals surface area contributed by atoms with E-state index in [0.29, 0.717) is 0 Å². The largest absolute Gasteiger partial charge is 0.351 e. The maximum absolute atomic E-state index is 4.81. The van der Waals surface area contributed by atoms with E-state index in [2.05, 4.69) is 24.2 Å². The third-order valence-corrected chi connectivity index (χ3v) is 4.09. The molecule has 0 radical (unpaired) electrons. The quantitative estimate of drug-likeness (QED) is 0.827. The van der Waals surface area contributed by atoms with E-state index < -0.39 is 0 Å². The third-order valence-electron chi connectivity index (χ3n) is 2.90. The molecule has 1 saturated carbocycles. The van der Waals surface area contributed by atoms with Gasteiger partial charge in [0.1, 0.15) is 0 Å². The van der Waals surface area contributed by atoms with Crippen LogP contribution in [0.15, 0.2) is 0 Å². The van der Waals surface area contributed by atoms with Gasteiger partial charge >= 0.3 is 0 Å². The molecule has 1 fully saturated rings. The predicted octanol–water partition coefficient (Wildman–Crippen LogP) is 2.59. The summed E-state index contributed by atoms with van der Waals surface area (Å²) in [6.45, 7) is 4.26. The van der Waals surface area contributed by atoms with E-state index >= 15 is 0 Å². The predicted molar refractivity (Wildman–Crippen MR) is 70.4 cm³/mol. The summed E-state index contributed by atoms with van der Waals surface area (Å²) >= 11 is 1.85. The highest BCUT2D eigenvalue weighted by Crippen LogP contribution is 2.44. The highest BCUT2D eigenvalue weighted by molar-refractivity contribution is 7.15. The Morgan fingerprint density at radius 1 is 1.50 bits per heavy atom. The average molecular weight is 239 g/mol. The van der Waals surface area contributed by atoms with Crippen LogP contribution >= 0.6 is 11.3 Å². The van der Waals surface area contributed by atoms with E-state index in [0.717, 1.165) is 19.0 Å². The lowest BCUT2D eigenvalue weighted by atomic mass is 10.2. The highest BCUT2D eigenvalue weighted by atomic mass is 32.1. The van der Waals surface area contributed by atoms with Crippen LogP contribution in [0.5, 0.6) is 0 Å². The molecule has 0 atom stereocenters. The van der Waals surface area contributed by atoms with Crippen molar-refractivity contribution in [2.45, 2.75) is 38.6 Å². The van der Waals surface area contributed by atoms with Gasteiger partial charge in [0.15, 0.2) is 5.13 Å². The number of anilines is 1. The van der Waals surface area contributed by atoms with Crippen LogP contribution in [-0.4, -0.2) is 25.6 Å². The van der Waals surface area contributed by atoms with Crippen molar-refractivity contribution < 1.29 is 0 Å². The van der Waals surface area contributed by atoms with Gasteiger partial charge in [-0.1, -0.05) is 6.92 Å². The van der Waals surface area contributed by atoms with Crippen LogP contribution in [0.4, 0.5) is 5.13 Å². The molecule has 0 saturated heterocycles. The molecule has 0 aliphatic heterocycles. The molecular formula is C12H21N3S. The number of hydrogen-bond donors (Lipinski definition) is 1. The first-order chi connectivity index (χ1) is 7.76. The first-order valence-electron chi connectivity index (χ1n) is 6.11. The number of nitrogens with one attached hydrogen (secondary N) is 1. The van der Waals surface area contributed by atoms with Gasteiger partial charge in [0.05, 0.1) is 5.69 Å². The second-order valence-electron chi connectivity index (χ2n) is 4.53. The maximum atomic E-state index is 4.81. The summed E-state index contributed by atoms with van der Waals surface area (Å²) in [6, 6.07) is 0. The van der Waals surface area contributed by atoms with E-state index in [9.17, 15) is 0 Å². The molecule has 1 aromatic heterocycles. The van der Waals surface area contributed by atoms with Crippen molar-refractivity contribution in [2.75, 3.05) is 25.5 Å². The third kappa shape index (κ3) is 2.55. The van der Waals surface area contributed by atoms with Gasteiger partial charge < -0.3 is 10.2 Å². The number of nitrogens with zero attached hydrogens (tertiary/aromatic N) is 2. The van der Waals surface area contributed by atoms with Crippen molar-refractivity contribution in [1.82, 2.24) is 10.3 Å². The first kappa shape index (κ1) is 11.9. The summed E-state index contributed by atoms with van der Waals surface area (Å²) in [5.74, 6) is 0.753. The first-order valence-corrected chi connectivity index (χ1v) is 6.93. The molecule has 1 heterocycles. The van der Waals surface area contributed by atoms with Crippen molar-refractivity contribution in [3.8, 4) is 0 Å². The zero-order valence-corrected chi connectivity index (χ0v) is 11.2. The van der Waals surface area contributed by atoms with Gasteiger partial charge in [0.2, 0.25) is 0 Å². The molecular weight excluding hydrogens is 218 g/mol. The minimum absolute atomic E-state index is 0.753. The van der Waals surface area contributed by atoms with E-state index in [1.165, 1.54) is 35.0 Å². The molecule has 1 aliphatic carbocycles. The van der Waals surface area contributed by atoms with Crippen LogP contribution < -0.4 is 10.2 Å². The van der Waals surface area contributed by atoms with Crippen LogP contribution in [-0.2, 0) is 6.54 Å². The Kier molecular flexibility index (Phi) is 3.82. The summed E-state index contributed by atoms with van der Waals surface area (Å²) in [5.41, 5.74) is 1.36. The zero-order chi connectivity index (χ0) is 11.5. The molecule has 0 bridgehead atoms. The Labute approximate surface area is 102 Å². The van der Waals surface area contributed by atoms with Crippen molar-refractivity contribution >= 4 is 16.5 Å².